The fourth-order valence-corrected chi connectivity index (χ4v) is 2.29. The minimum absolute atomic E-state index is 0.385. The Kier molecular flexibility index (Phi) is 5.98. The molecule has 1 N–H and O–H groups in total. The normalized spacial score (nSPS) is 14.1. The number of aliphatic hydroxyl groups is 1. The molecule has 0 aliphatic rings. The van der Waals surface area contributed by atoms with Gasteiger partial charge in [-0.1, -0.05) is 45.0 Å². The molecule has 0 atom stereocenters. The van der Waals surface area contributed by atoms with E-state index in [1.165, 1.54) is 12.1 Å². The predicted molar refractivity (Wildman–Crippen MR) is 76.6 cm³/mol. The van der Waals surface area contributed by atoms with E-state index in [0.717, 1.165) is 12.1 Å². The minimum atomic E-state index is -5.73. The molecule has 2 nitrogen and oxygen atoms in total. The van der Waals surface area contributed by atoms with Crippen molar-refractivity contribution in [1.29, 1.82) is 0 Å². The van der Waals surface area contributed by atoms with E-state index in [4.69, 9.17) is 5.11 Å². The van der Waals surface area contributed by atoms with Gasteiger partial charge in [0.1, 0.15) is 0 Å². The summed E-state index contributed by atoms with van der Waals surface area (Å²) < 4.78 is 84.3. The lowest BCUT2D eigenvalue weighted by atomic mass is 9.80. The van der Waals surface area contributed by atoms with Crippen LogP contribution < -0.4 is 0 Å². The summed E-state index contributed by atoms with van der Waals surface area (Å²) in [5.41, 5.74) is -5.30. The van der Waals surface area contributed by atoms with Gasteiger partial charge in [0.15, 0.2) is 0 Å². The molecule has 0 heterocycles. The van der Waals surface area contributed by atoms with Gasteiger partial charge >= 0.3 is 12.4 Å². The second-order valence-corrected chi connectivity index (χ2v) is 6.06. The molecule has 0 aliphatic carbocycles. The number of hydrogen-bond donors (Lipinski definition) is 1. The standard InChI is InChI=1S/C16H20F6O2/c1-4-13(2,3)11-5-7-12(8-6-11)14(15(17,18)19,16(20,21)22)24-10-9-23/h5-8,23H,4,9-10H2,1-3H3. The van der Waals surface area contributed by atoms with Crippen molar-refractivity contribution in [3.05, 3.63) is 35.4 Å². The third kappa shape index (κ3) is 3.69. The number of benzene rings is 1. The van der Waals surface area contributed by atoms with E-state index in [1.54, 1.807) is 0 Å². The van der Waals surface area contributed by atoms with Crippen LogP contribution >= 0.6 is 0 Å². The minimum Gasteiger partial charge on any atom is -0.394 e. The average Bonchev–Trinajstić information content (AvgIpc) is 2.45. The van der Waals surface area contributed by atoms with E-state index in [2.05, 4.69) is 4.74 Å². The van der Waals surface area contributed by atoms with Crippen LogP contribution in [0.1, 0.15) is 38.3 Å². The average molecular weight is 358 g/mol. The summed E-state index contributed by atoms with van der Waals surface area (Å²) in [7, 11) is 0. The van der Waals surface area contributed by atoms with Gasteiger partial charge in [-0.3, -0.25) is 0 Å². The van der Waals surface area contributed by atoms with E-state index in [-0.39, 0.29) is 5.41 Å². The molecule has 0 radical (unpaired) electrons. The Labute approximate surface area is 136 Å². The van der Waals surface area contributed by atoms with E-state index in [9.17, 15) is 26.3 Å². The molecule has 0 spiro atoms. The van der Waals surface area contributed by atoms with Gasteiger partial charge in [-0.05, 0) is 17.4 Å². The van der Waals surface area contributed by atoms with Crippen molar-refractivity contribution < 1.29 is 36.2 Å². The van der Waals surface area contributed by atoms with Crippen molar-refractivity contribution in [2.45, 2.75) is 50.6 Å². The Morgan fingerprint density at radius 3 is 1.62 bits per heavy atom. The van der Waals surface area contributed by atoms with Crippen molar-refractivity contribution in [3.8, 4) is 0 Å². The Balaban J connectivity index is 3.50. The van der Waals surface area contributed by atoms with E-state index >= 15 is 0 Å². The number of ether oxygens (including phenoxy) is 1. The zero-order valence-corrected chi connectivity index (χ0v) is 13.6. The molecular formula is C16H20F6O2. The lowest BCUT2D eigenvalue weighted by Crippen LogP contribution is -2.56. The number of rotatable bonds is 6. The van der Waals surface area contributed by atoms with Crippen LogP contribution in [0.4, 0.5) is 26.3 Å². The highest BCUT2D eigenvalue weighted by Crippen LogP contribution is 2.53. The van der Waals surface area contributed by atoms with Crippen LogP contribution in [-0.2, 0) is 15.8 Å². The number of halogens is 6. The molecular weight excluding hydrogens is 338 g/mol. The zero-order chi connectivity index (χ0) is 18.8. The van der Waals surface area contributed by atoms with Crippen LogP contribution in [0.25, 0.3) is 0 Å². The van der Waals surface area contributed by atoms with Gasteiger partial charge in [0, 0.05) is 5.56 Å². The van der Waals surface area contributed by atoms with Crippen LogP contribution in [0.3, 0.4) is 0 Å². The largest absolute Gasteiger partial charge is 0.430 e. The van der Waals surface area contributed by atoms with E-state index < -0.39 is 36.7 Å². The summed E-state index contributed by atoms with van der Waals surface area (Å²) in [5.74, 6) is 0. The SMILES string of the molecule is CCC(C)(C)c1ccc(C(OCCO)(C(F)(F)F)C(F)(F)F)cc1. The molecule has 8 heteroatoms. The van der Waals surface area contributed by atoms with Crippen LogP contribution in [0.15, 0.2) is 24.3 Å². The van der Waals surface area contributed by atoms with Crippen molar-refractivity contribution in [2.24, 2.45) is 0 Å². The van der Waals surface area contributed by atoms with Gasteiger partial charge in [-0.15, -0.1) is 0 Å². The Bertz CT molecular complexity index is 517. The lowest BCUT2D eigenvalue weighted by Gasteiger charge is -2.37. The summed E-state index contributed by atoms with van der Waals surface area (Å²) in [4.78, 5) is 0. The van der Waals surface area contributed by atoms with Crippen LogP contribution in [0.2, 0.25) is 0 Å². The molecule has 0 bridgehead atoms. The van der Waals surface area contributed by atoms with Crippen molar-refractivity contribution >= 4 is 0 Å². The molecule has 0 aromatic heterocycles. The van der Waals surface area contributed by atoms with Gasteiger partial charge < -0.3 is 9.84 Å². The molecule has 0 saturated carbocycles. The molecule has 0 amide bonds. The summed E-state index contributed by atoms with van der Waals surface area (Å²) in [6.07, 6.45) is -10.8. The molecule has 138 valence electrons. The third-order valence-corrected chi connectivity index (χ3v) is 4.17. The molecule has 0 aliphatic heterocycles. The molecule has 1 rings (SSSR count). The molecule has 24 heavy (non-hydrogen) atoms. The van der Waals surface area contributed by atoms with E-state index in [0.29, 0.717) is 12.0 Å². The van der Waals surface area contributed by atoms with Crippen LogP contribution in [0, 0.1) is 0 Å². The van der Waals surface area contributed by atoms with Gasteiger partial charge in [-0.25, -0.2) is 0 Å². The fraction of sp³-hybridized carbons (Fsp3) is 0.625. The van der Waals surface area contributed by atoms with Crippen LogP contribution in [-0.4, -0.2) is 30.7 Å². The second kappa shape index (κ2) is 6.92. The first-order valence-electron chi connectivity index (χ1n) is 7.32. The first-order chi connectivity index (χ1) is 10.8. The van der Waals surface area contributed by atoms with Gasteiger partial charge in [0.2, 0.25) is 0 Å². The number of aliphatic hydroxyl groups excluding tert-OH is 1. The quantitative estimate of drug-likeness (QED) is 0.747. The van der Waals surface area contributed by atoms with E-state index in [1.807, 2.05) is 20.8 Å². The maximum Gasteiger partial charge on any atom is 0.430 e. The summed E-state index contributed by atoms with van der Waals surface area (Å²) in [6.45, 7) is 3.49. The maximum absolute atomic E-state index is 13.4. The highest BCUT2D eigenvalue weighted by atomic mass is 19.4. The molecule has 0 saturated heterocycles. The first-order valence-corrected chi connectivity index (χ1v) is 7.32. The monoisotopic (exact) mass is 358 g/mol. The fourth-order valence-electron chi connectivity index (χ4n) is 2.29. The number of hydrogen-bond acceptors (Lipinski definition) is 2. The summed E-state index contributed by atoms with van der Waals surface area (Å²) in [5, 5.41) is 8.63. The lowest BCUT2D eigenvalue weighted by molar-refractivity contribution is -0.390. The molecule has 0 fully saturated rings. The van der Waals surface area contributed by atoms with Crippen molar-refractivity contribution in [2.75, 3.05) is 13.2 Å². The Morgan fingerprint density at radius 1 is 0.875 bits per heavy atom. The third-order valence-electron chi connectivity index (χ3n) is 4.17. The molecule has 1 aromatic carbocycles. The number of alkyl halides is 6. The van der Waals surface area contributed by atoms with Gasteiger partial charge in [-0.2, -0.15) is 26.3 Å². The maximum atomic E-state index is 13.4. The molecule has 1 aromatic rings. The highest BCUT2D eigenvalue weighted by molar-refractivity contribution is 5.33. The first kappa shape index (κ1) is 20.8. The Morgan fingerprint density at radius 2 is 1.29 bits per heavy atom. The predicted octanol–water partition coefficient (Wildman–Crippen LogP) is 4.70. The topological polar surface area (TPSA) is 29.5 Å². The van der Waals surface area contributed by atoms with Gasteiger partial charge in [0.25, 0.3) is 5.60 Å². The summed E-state index contributed by atoms with van der Waals surface area (Å²) in [6, 6.07) is 4.05. The Hall–Kier alpha value is -1.28. The van der Waals surface area contributed by atoms with Crippen LogP contribution in [0.5, 0.6) is 0 Å². The van der Waals surface area contributed by atoms with Gasteiger partial charge in [0.05, 0.1) is 13.2 Å². The van der Waals surface area contributed by atoms with Crippen molar-refractivity contribution in [1.82, 2.24) is 0 Å². The van der Waals surface area contributed by atoms with Crippen molar-refractivity contribution in [3.63, 3.8) is 0 Å². The summed E-state index contributed by atoms with van der Waals surface area (Å²) >= 11 is 0. The zero-order valence-electron chi connectivity index (χ0n) is 13.6. The highest BCUT2D eigenvalue weighted by Gasteiger charge is 2.73. The molecule has 0 unspecified atom stereocenters. The second-order valence-electron chi connectivity index (χ2n) is 6.06. The smallest absolute Gasteiger partial charge is 0.394 e.